The van der Waals surface area contributed by atoms with Crippen molar-refractivity contribution in [3.8, 4) is 0 Å². The summed E-state index contributed by atoms with van der Waals surface area (Å²) >= 11 is 0. The van der Waals surface area contributed by atoms with Crippen LogP contribution in [0.5, 0.6) is 0 Å². The van der Waals surface area contributed by atoms with Crippen molar-refractivity contribution in [3.05, 3.63) is 0 Å². The Kier molecular flexibility index (Phi) is 33.4. The van der Waals surface area contributed by atoms with Gasteiger partial charge < -0.3 is 0 Å². The van der Waals surface area contributed by atoms with Gasteiger partial charge in [0.25, 0.3) is 0 Å². The first-order chi connectivity index (χ1) is 16.6. The highest BCUT2D eigenvalue weighted by Gasteiger charge is 2.07. The van der Waals surface area contributed by atoms with Crippen LogP contribution in [-0.4, -0.2) is 11.8 Å². The Morgan fingerprint density at radius 3 is 0.824 bits per heavy atom. The van der Waals surface area contributed by atoms with Gasteiger partial charge in [0.2, 0.25) is 11.8 Å². The number of amides is 2. The maximum Gasteiger partial charge on any atom is 0.226 e. The van der Waals surface area contributed by atoms with Crippen LogP contribution in [0.4, 0.5) is 0 Å². The molecule has 0 aromatic carbocycles. The van der Waals surface area contributed by atoms with Gasteiger partial charge in [-0.05, 0) is 12.8 Å². The Labute approximate surface area is 215 Å². The lowest BCUT2D eigenvalue weighted by Crippen LogP contribution is -2.29. The van der Waals surface area contributed by atoms with Gasteiger partial charge in [0, 0.05) is 12.8 Å². The van der Waals surface area contributed by atoms with Gasteiger partial charge in [-0.2, -0.15) is 0 Å². The zero-order chi connectivity index (χ0) is 25.5. The first-order valence-electron chi connectivity index (χ1n) is 15.4. The van der Waals surface area contributed by atoms with Crippen LogP contribution in [0, 0.1) is 0 Å². The number of carbonyl (C=O) groups is 2. The van der Waals surface area contributed by atoms with Crippen LogP contribution in [0.1, 0.15) is 188 Å². The van der Waals surface area contributed by atoms with Gasteiger partial charge >= 0.3 is 0 Å². The monoisotopic (exact) mass is 481 g/mol. The first kappa shape index (κ1) is 35.3. The summed E-state index contributed by atoms with van der Waals surface area (Å²) in [6, 6.07) is 0. The predicted molar refractivity (Wildman–Crippen MR) is 151 cm³/mol. The molecule has 2 amide bonds. The lowest BCUT2D eigenvalue weighted by atomic mass is 10.0. The molecule has 3 heteroatoms. The summed E-state index contributed by atoms with van der Waals surface area (Å²) in [5, 5.41) is 2.57. The second-order valence-electron chi connectivity index (χ2n) is 10.2. The highest BCUT2D eigenvalue weighted by Crippen LogP contribution is 2.13. The number of hydrogen-bond acceptors (Lipinski definition) is 2. The Morgan fingerprint density at radius 2 is 0.588 bits per heavy atom. The van der Waals surface area contributed by atoms with Gasteiger partial charge in [0.05, 0.1) is 0 Å². The van der Waals surface area contributed by atoms with E-state index in [9.17, 15) is 9.59 Å². The molecule has 0 fully saturated rings. The van der Waals surface area contributed by atoms with Crippen molar-refractivity contribution in [2.75, 3.05) is 0 Å². The summed E-state index contributed by atoms with van der Waals surface area (Å²) in [7, 11) is 0. The summed E-state index contributed by atoms with van der Waals surface area (Å²) in [6.45, 7) is 8.77. The number of unbranched alkanes of at least 4 members (excludes halogenated alkanes) is 20. The molecule has 0 unspecified atom stereocenters. The highest BCUT2D eigenvalue weighted by atomic mass is 16.2. The zero-order valence-corrected chi connectivity index (χ0v) is 24.0. The molecule has 0 aromatic rings. The predicted octanol–water partition coefficient (Wildman–Crippen LogP) is 10.4. The van der Waals surface area contributed by atoms with Crippen molar-refractivity contribution >= 4 is 11.8 Å². The Morgan fingerprint density at radius 1 is 0.382 bits per heavy atom. The van der Waals surface area contributed by atoms with E-state index in [-0.39, 0.29) is 11.8 Å². The molecule has 0 atom stereocenters. The van der Waals surface area contributed by atoms with E-state index >= 15 is 0 Å². The second-order valence-corrected chi connectivity index (χ2v) is 10.2. The molecule has 0 aliphatic heterocycles. The zero-order valence-electron chi connectivity index (χ0n) is 24.0. The maximum absolute atomic E-state index is 11.9. The molecule has 34 heavy (non-hydrogen) atoms. The van der Waals surface area contributed by atoms with Crippen LogP contribution in [-0.2, 0) is 9.59 Å². The molecule has 0 rings (SSSR count). The van der Waals surface area contributed by atoms with Crippen LogP contribution < -0.4 is 5.32 Å². The van der Waals surface area contributed by atoms with Gasteiger partial charge in [-0.3, -0.25) is 14.9 Å². The van der Waals surface area contributed by atoms with Gasteiger partial charge in [0.1, 0.15) is 0 Å². The molecule has 0 saturated heterocycles. The van der Waals surface area contributed by atoms with E-state index in [1.807, 2.05) is 0 Å². The van der Waals surface area contributed by atoms with E-state index in [0.29, 0.717) is 12.8 Å². The molecule has 0 heterocycles. The fraction of sp³-hybridized carbons (Fsp3) is 0.935. The largest absolute Gasteiger partial charge is 0.296 e. The van der Waals surface area contributed by atoms with Crippen LogP contribution in [0.3, 0.4) is 0 Å². The van der Waals surface area contributed by atoms with E-state index in [0.717, 1.165) is 25.7 Å². The minimum absolute atomic E-state index is 0.0796. The Hall–Kier alpha value is -0.860. The molecule has 0 radical (unpaired) electrons. The topological polar surface area (TPSA) is 46.2 Å². The molecule has 0 spiro atoms. The van der Waals surface area contributed by atoms with E-state index < -0.39 is 0 Å². The van der Waals surface area contributed by atoms with Gasteiger partial charge in [-0.15, -0.1) is 0 Å². The third-order valence-electron chi connectivity index (χ3n) is 6.29. The fourth-order valence-electron chi connectivity index (χ4n) is 4.18. The van der Waals surface area contributed by atoms with E-state index in [4.69, 9.17) is 0 Å². The summed E-state index contributed by atoms with van der Waals surface area (Å²) < 4.78 is 0. The van der Waals surface area contributed by atoms with Crippen LogP contribution >= 0.6 is 0 Å². The highest BCUT2D eigenvalue weighted by molar-refractivity contribution is 5.95. The number of carbonyl (C=O) groups excluding carboxylic acids is 2. The van der Waals surface area contributed by atoms with E-state index in [1.54, 1.807) is 0 Å². The number of rotatable bonds is 24. The molecule has 0 aliphatic carbocycles. The van der Waals surface area contributed by atoms with Crippen molar-refractivity contribution in [1.29, 1.82) is 0 Å². The third kappa shape index (κ3) is 33.3. The van der Waals surface area contributed by atoms with Crippen molar-refractivity contribution in [1.82, 2.24) is 5.32 Å². The van der Waals surface area contributed by atoms with Crippen molar-refractivity contribution in [3.63, 3.8) is 0 Å². The Bertz CT molecular complexity index is 372. The standard InChI is InChI=1S/C28H55NO2.C3H8/c1-3-5-7-9-11-13-15-17-19-21-23-25-27(30)29-28(31)26-24-22-20-18-16-14-12-10-8-6-4-2;1-3-2/h3-26H2,1-2H3,(H,29,30,31);3H2,1-2H3. The van der Waals surface area contributed by atoms with Gasteiger partial charge in [-0.25, -0.2) is 0 Å². The first-order valence-corrected chi connectivity index (χ1v) is 15.4. The average Bonchev–Trinajstić information content (AvgIpc) is 2.81. The molecule has 0 bridgehead atoms. The van der Waals surface area contributed by atoms with Crippen molar-refractivity contribution in [2.45, 2.75) is 188 Å². The summed E-state index contributed by atoms with van der Waals surface area (Å²) in [6.07, 6.45) is 30.4. The summed E-state index contributed by atoms with van der Waals surface area (Å²) in [5.41, 5.74) is 0. The quantitative estimate of drug-likeness (QED) is 0.139. The van der Waals surface area contributed by atoms with Crippen molar-refractivity contribution in [2.24, 2.45) is 0 Å². The molecular weight excluding hydrogens is 418 g/mol. The number of hydrogen-bond donors (Lipinski definition) is 1. The second kappa shape index (κ2) is 32.1. The molecule has 0 saturated carbocycles. The van der Waals surface area contributed by atoms with Crippen LogP contribution in [0.25, 0.3) is 0 Å². The summed E-state index contributed by atoms with van der Waals surface area (Å²) in [4.78, 5) is 23.8. The Balaban J connectivity index is 0. The third-order valence-corrected chi connectivity index (χ3v) is 6.29. The fourth-order valence-corrected chi connectivity index (χ4v) is 4.18. The van der Waals surface area contributed by atoms with E-state index in [2.05, 4.69) is 33.0 Å². The smallest absolute Gasteiger partial charge is 0.226 e. The minimum atomic E-state index is -0.0796. The lowest BCUT2D eigenvalue weighted by molar-refractivity contribution is -0.130. The van der Waals surface area contributed by atoms with Crippen LogP contribution in [0.15, 0.2) is 0 Å². The van der Waals surface area contributed by atoms with E-state index in [1.165, 1.54) is 122 Å². The van der Waals surface area contributed by atoms with Gasteiger partial charge in [-0.1, -0.05) is 163 Å². The van der Waals surface area contributed by atoms with Crippen LogP contribution in [0.2, 0.25) is 0 Å². The normalized spacial score (nSPS) is 10.6. The number of nitrogens with one attached hydrogen (secondary N) is 1. The lowest BCUT2D eigenvalue weighted by Gasteiger charge is -2.05. The average molecular weight is 482 g/mol. The SMILES string of the molecule is CCC.CCCCCCCCCCCCCC(=O)NC(=O)CCCCCCCCCCCCC. The molecule has 0 aromatic heterocycles. The minimum Gasteiger partial charge on any atom is -0.296 e. The van der Waals surface area contributed by atoms with Gasteiger partial charge in [0.15, 0.2) is 0 Å². The molecular formula is C31H63NO2. The van der Waals surface area contributed by atoms with Crippen molar-refractivity contribution < 1.29 is 9.59 Å². The molecule has 0 aliphatic rings. The number of imide groups is 1. The summed E-state index contributed by atoms with van der Waals surface area (Å²) in [5.74, 6) is -0.159. The molecule has 3 nitrogen and oxygen atoms in total. The maximum atomic E-state index is 11.9. The molecule has 204 valence electrons. The molecule has 1 N–H and O–H groups in total.